The summed E-state index contributed by atoms with van der Waals surface area (Å²) in [6.07, 6.45) is 1.60. The van der Waals surface area contributed by atoms with Crippen LogP contribution in [-0.4, -0.2) is 12.1 Å². The van der Waals surface area contributed by atoms with Crippen LogP contribution in [0, 0.1) is 0 Å². The van der Waals surface area contributed by atoms with Gasteiger partial charge in [-0.25, -0.2) is 5.43 Å². The van der Waals surface area contributed by atoms with Crippen LogP contribution in [0.15, 0.2) is 114 Å². The van der Waals surface area contributed by atoms with E-state index in [4.69, 9.17) is 32.7 Å². The van der Waals surface area contributed by atoms with Crippen LogP contribution in [0.1, 0.15) is 27.0 Å². The summed E-state index contributed by atoms with van der Waals surface area (Å²) in [6.45, 7) is 0.705. The molecule has 5 aromatic carbocycles. The van der Waals surface area contributed by atoms with Crippen molar-refractivity contribution in [3.8, 4) is 11.5 Å². The fourth-order valence-electron chi connectivity index (χ4n) is 3.98. The average Bonchev–Trinajstić information content (AvgIpc) is 2.97. The molecule has 0 saturated carbocycles. The standard InChI is InChI=1S/C32H24Cl2N2O3/c33-26-14-9-22(10-15-26)20-38-27-16-11-24(12-17-27)32(37)36-35-19-29-28-7-3-1-5-23(28)13-18-31(29)39-21-25-6-2-4-8-30(25)34/h1-19H,20-21H2,(H,36,37)/b35-19+. The topological polar surface area (TPSA) is 59.9 Å². The van der Waals surface area contributed by atoms with Gasteiger partial charge in [-0.1, -0.05) is 83.9 Å². The second kappa shape index (κ2) is 12.5. The number of hydrogen-bond acceptors (Lipinski definition) is 4. The van der Waals surface area contributed by atoms with E-state index >= 15 is 0 Å². The third-order valence-corrected chi connectivity index (χ3v) is 6.69. The maximum atomic E-state index is 12.7. The van der Waals surface area contributed by atoms with Gasteiger partial charge in [-0.2, -0.15) is 5.10 Å². The van der Waals surface area contributed by atoms with Gasteiger partial charge in [0.05, 0.1) is 6.21 Å². The minimum absolute atomic E-state index is 0.303. The predicted octanol–water partition coefficient (Wildman–Crippen LogP) is 8.07. The lowest BCUT2D eigenvalue weighted by Crippen LogP contribution is -2.17. The third kappa shape index (κ3) is 6.77. The summed E-state index contributed by atoms with van der Waals surface area (Å²) in [7, 11) is 0. The van der Waals surface area contributed by atoms with Crippen LogP contribution in [-0.2, 0) is 13.2 Å². The zero-order chi connectivity index (χ0) is 27.0. The Morgan fingerprint density at radius 2 is 1.51 bits per heavy atom. The quantitative estimate of drug-likeness (QED) is 0.148. The second-order valence-electron chi connectivity index (χ2n) is 8.72. The van der Waals surface area contributed by atoms with Crippen LogP contribution in [0.5, 0.6) is 11.5 Å². The van der Waals surface area contributed by atoms with Crippen molar-refractivity contribution in [3.63, 3.8) is 0 Å². The van der Waals surface area contributed by atoms with Crippen LogP contribution in [0.2, 0.25) is 10.0 Å². The second-order valence-corrected chi connectivity index (χ2v) is 9.56. The van der Waals surface area contributed by atoms with E-state index in [-0.39, 0.29) is 5.91 Å². The minimum atomic E-state index is -0.339. The zero-order valence-corrected chi connectivity index (χ0v) is 22.3. The molecule has 0 aliphatic heterocycles. The lowest BCUT2D eigenvalue weighted by Gasteiger charge is -2.12. The molecule has 0 atom stereocenters. The molecule has 39 heavy (non-hydrogen) atoms. The van der Waals surface area contributed by atoms with Crippen molar-refractivity contribution < 1.29 is 14.3 Å². The molecule has 1 N–H and O–H groups in total. The number of benzene rings is 5. The number of ether oxygens (including phenoxy) is 2. The number of nitrogens with zero attached hydrogens (tertiary/aromatic N) is 1. The molecule has 0 aliphatic rings. The maximum Gasteiger partial charge on any atom is 0.271 e. The first-order chi connectivity index (χ1) is 19.1. The van der Waals surface area contributed by atoms with E-state index in [9.17, 15) is 4.79 Å². The number of carbonyl (C=O) groups excluding carboxylic acids is 1. The first kappa shape index (κ1) is 26.3. The van der Waals surface area contributed by atoms with Gasteiger partial charge >= 0.3 is 0 Å². The number of amides is 1. The summed E-state index contributed by atoms with van der Waals surface area (Å²) >= 11 is 12.2. The summed E-state index contributed by atoms with van der Waals surface area (Å²) in [5.41, 5.74) is 5.70. The van der Waals surface area contributed by atoms with Gasteiger partial charge in [0, 0.05) is 26.7 Å². The fourth-order valence-corrected chi connectivity index (χ4v) is 4.29. The molecule has 1 amide bonds. The lowest BCUT2D eigenvalue weighted by molar-refractivity contribution is 0.0955. The largest absolute Gasteiger partial charge is 0.489 e. The zero-order valence-electron chi connectivity index (χ0n) is 20.8. The molecule has 0 saturated heterocycles. The molecule has 0 aromatic heterocycles. The van der Waals surface area contributed by atoms with Crippen molar-refractivity contribution in [2.75, 3.05) is 0 Å². The summed E-state index contributed by atoms with van der Waals surface area (Å²) < 4.78 is 11.9. The van der Waals surface area contributed by atoms with Gasteiger partial charge in [-0.05, 0) is 64.9 Å². The molecule has 7 heteroatoms. The van der Waals surface area contributed by atoms with Gasteiger partial charge < -0.3 is 9.47 Å². The van der Waals surface area contributed by atoms with Crippen molar-refractivity contribution >= 4 is 46.1 Å². The Labute approximate surface area is 236 Å². The van der Waals surface area contributed by atoms with Crippen molar-refractivity contribution in [1.82, 2.24) is 5.43 Å². The third-order valence-electron chi connectivity index (χ3n) is 6.07. The van der Waals surface area contributed by atoms with Gasteiger partial charge in [-0.15, -0.1) is 0 Å². The maximum absolute atomic E-state index is 12.7. The van der Waals surface area contributed by atoms with E-state index in [1.54, 1.807) is 30.5 Å². The SMILES string of the molecule is O=C(N/N=C/c1c(OCc2ccccc2Cl)ccc2ccccc12)c1ccc(OCc2ccc(Cl)cc2)cc1. The van der Waals surface area contributed by atoms with Gasteiger partial charge in [-0.3, -0.25) is 4.79 Å². The number of nitrogens with one attached hydrogen (secondary N) is 1. The highest BCUT2D eigenvalue weighted by Gasteiger charge is 2.10. The molecular weight excluding hydrogens is 531 g/mol. The molecule has 0 fully saturated rings. The molecule has 5 aromatic rings. The van der Waals surface area contributed by atoms with Crippen LogP contribution in [0.4, 0.5) is 0 Å². The van der Waals surface area contributed by atoms with E-state index in [1.807, 2.05) is 84.9 Å². The summed E-state index contributed by atoms with van der Waals surface area (Å²) in [5.74, 6) is 0.948. The molecule has 0 spiro atoms. The number of fused-ring (bicyclic) bond motifs is 1. The molecular formula is C32H24Cl2N2O3. The number of hydrazone groups is 1. The number of carbonyl (C=O) groups is 1. The Kier molecular flexibility index (Phi) is 8.42. The highest BCUT2D eigenvalue weighted by Crippen LogP contribution is 2.28. The van der Waals surface area contributed by atoms with Gasteiger partial charge in [0.15, 0.2) is 0 Å². The summed E-state index contributed by atoms with van der Waals surface area (Å²) in [6, 6.07) is 33.7. The summed E-state index contributed by atoms with van der Waals surface area (Å²) in [4.78, 5) is 12.7. The molecule has 194 valence electrons. The Morgan fingerprint density at radius 1 is 0.769 bits per heavy atom. The van der Waals surface area contributed by atoms with Gasteiger partial charge in [0.25, 0.3) is 5.91 Å². The van der Waals surface area contributed by atoms with E-state index in [0.717, 1.165) is 27.5 Å². The highest BCUT2D eigenvalue weighted by molar-refractivity contribution is 6.31. The van der Waals surface area contributed by atoms with Crippen LogP contribution in [0.3, 0.4) is 0 Å². The van der Waals surface area contributed by atoms with E-state index in [2.05, 4.69) is 10.5 Å². The highest BCUT2D eigenvalue weighted by atomic mass is 35.5. The minimum Gasteiger partial charge on any atom is -0.489 e. The Bertz CT molecular complexity index is 1620. The first-order valence-electron chi connectivity index (χ1n) is 12.3. The van der Waals surface area contributed by atoms with Crippen molar-refractivity contribution in [2.24, 2.45) is 5.10 Å². The lowest BCUT2D eigenvalue weighted by atomic mass is 10.0. The number of rotatable bonds is 9. The Balaban J connectivity index is 1.26. The molecule has 0 aliphatic carbocycles. The predicted molar refractivity (Wildman–Crippen MR) is 157 cm³/mol. The monoisotopic (exact) mass is 554 g/mol. The first-order valence-corrected chi connectivity index (χ1v) is 13.0. The van der Waals surface area contributed by atoms with Gasteiger partial charge in [0.2, 0.25) is 0 Å². The van der Waals surface area contributed by atoms with Crippen molar-refractivity contribution in [2.45, 2.75) is 13.2 Å². The molecule has 5 rings (SSSR count). The average molecular weight is 555 g/mol. The van der Waals surface area contributed by atoms with Crippen LogP contribution < -0.4 is 14.9 Å². The van der Waals surface area contributed by atoms with E-state index in [0.29, 0.717) is 40.3 Å². The number of hydrogen-bond donors (Lipinski definition) is 1. The van der Waals surface area contributed by atoms with Crippen LogP contribution in [0.25, 0.3) is 10.8 Å². The van der Waals surface area contributed by atoms with Gasteiger partial charge in [0.1, 0.15) is 24.7 Å². The molecule has 0 radical (unpaired) electrons. The summed E-state index contributed by atoms with van der Waals surface area (Å²) in [5, 5.41) is 7.54. The van der Waals surface area contributed by atoms with E-state index < -0.39 is 0 Å². The fraction of sp³-hybridized carbons (Fsp3) is 0.0625. The molecule has 0 heterocycles. The Hall–Kier alpha value is -4.32. The van der Waals surface area contributed by atoms with Crippen molar-refractivity contribution in [1.29, 1.82) is 0 Å². The van der Waals surface area contributed by atoms with E-state index in [1.165, 1.54) is 0 Å². The Morgan fingerprint density at radius 3 is 2.31 bits per heavy atom. The van der Waals surface area contributed by atoms with Crippen LogP contribution >= 0.6 is 23.2 Å². The normalized spacial score (nSPS) is 11.0. The molecule has 5 nitrogen and oxygen atoms in total. The molecule has 0 bridgehead atoms. The molecule has 0 unspecified atom stereocenters. The smallest absolute Gasteiger partial charge is 0.271 e. The van der Waals surface area contributed by atoms with Crippen molar-refractivity contribution in [3.05, 3.63) is 141 Å². The number of halogens is 2.